The van der Waals surface area contributed by atoms with Crippen LogP contribution in [-0.2, 0) is 4.79 Å². The summed E-state index contributed by atoms with van der Waals surface area (Å²) >= 11 is 0. The third-order valence-electron chi connectivity index (χ3n) is 4.96. The summed E-state index contributed by atoms with van der Waals surface area (Å²) in [6.45, 7) is 3.99. The van der Waals surface area contributed by atoms with Crippen molar-refractivity contribution in [1.29, 1.82) is 0 Å². The zero-order valence-electron chi connectivity index (χ0n) is 16.4. The van der Waals surface area contributed by atoms with Crippen LogP contribution in [-0.4, -0.2) is 20.7 Å². The fourth-order valence-corrected chi connectivity index (χ4v) is 3.46. The van der Waals surface area contributed by atoms with Crippen LogP contribution in [0.3, 0.4) is 0 Å². The zero-order valence-corrected chi connectivity index (χ0v) is 16.4. The highest BCUT2D eigenvalue weighted by Crippen LogP contribution is 2.25. The van der Waals surface area contributed by atoms with Crippen LogP contribution in [0.4, 0.5) is 0 Å². The first kappa shape index (κ1) is 18.6. The van der Waals surface area contributed by atoms with E-state index in [0.29, 0.717) is 0 Å². The minimum Gasteiger partial charge on any atom is -0.346 e. The van der Waals surface area contributed by atoms with E-state index in [-0.39, 0.29) is 11.9 Å². The lowest BCUT2D eigenvalue weighted by molar-refractivity contribution is -0.117. The molecule has 0 saturated carbocycles. The second-order valence-electron chi connectivity index (χ2n) is 6.91. The van der Waals surface area contributed by atoms with Gasteiger partial charge in [0.25, 0.3) is 0 Å². The zero-order chi connectivity index (χ0) is 20.2. The Kier molecular flexibility index (Phi) is 5.20. The first-order chi connectivity index (χ1) is 14.1. The highest BCUT2D eigenvalue weighted by Gasteiger charge is 2.16. The van der Waals surface area contributed by atoms with Crippen molar-refractivity contribution in [3.8, 4) is 5.69 Å². The Hall–Kier alpha value is -3.73. The number of pyridine rings is 1. The van der Waals surface area contributed by atoms with Gasteiger partial charge in [-0.25, -0.2) is 4.68 Å². The summed E-state index contributed by atoms with van der Waals surface area (Å²) in [6, 6.07) is 19.9. The third-order valence-corrected chi connectivity index (χ3v) is 4.96. The number of nitrogens with zero attached hydrogens (tertiary/aromatic N) is 3. The van der Waals surface area contributed by atoms with Crippen LogP contribution in [0.5, 0.6) is 0 Å². The topological polar surface area (TPSA) is 59.8 Å². The number of benzene rings is 2. The van der Waals surface area contributed by atoms with E-state index in [4.69, 9.17) is 0 Å². The van der Waals surface area contributed by atoms with E-state index in [1.165, 1.54) is 11.5 Å². The molecule has 144 valence electrons. The molecule has 2 heterocycles. The monoisotopic (exact) mass is 382 g/mol. The smallest absolute Gasteiger partial charge is 0.244 e. The van der Waals surface area contributed by atoms with Gasteiger partial charge in [-0.15, -0.1) is 0 Å². The highest BCUT2D eigenvalue weighted by atomic mass is 16.1. The maximum absolute atomic E-state index is 12.3. The predicted octanol–water partition coefficient (Wildman–Crippen LogP) is 4.62. The van der Waals surface area contributed by atoms with Crippen molar-refractivity contribution < 1.29 is 4.79 Å². The van der Waals surface area contributed by atoms with Crippen LogP contribution < -0.4 is 5.32 Å². The number of aromatic nitrogens is 3. The van der Waals surface area contributed by atoms with Crippen LogP contribution in [0.2, 0.25) is 0 Å². The average molecular weight is 382 g/mol. The molecule has 0 bridgehead atoms. The molecular weight excluding hydrogens is 360 g/mol. The molecule has 0 fully saturated rings. The minimum absolute atomic E-state index is 0.166. The molecule has 5 nitrogen and oxygen atoms in total. The number of amides is 1. The normalized spacial score (nSPS) is 12.3. The Morgan fingerprint density at radius 2 is 1.86 bits per heavy atom. The van der Waals surface area contributed by atoms with Gasteiger partial charge < -0.3 is 5.32 Å². The van der Waals surface area contributed by atoms with E-state index in [0.717, 1.165) is 28.0 Å². The minimum atomic E-state index is -0.167. The lowest BCUT2D eigenvalue weighted by Crippen LogP contribution is -2.25. The molecule has 4 rings (SSSR count). The average Bonchev–Trinajstić information content (AvgIpc) is 3.14. The molecule has 0 aliphatic rings. The van der Waals surface area contributed by atoms with Crippen LogP contribution in [0.25, 0.3) is 22.5 Å². The second-order valence-corrected chi connectivity index (χ2v) is 6.91. The van der Waals surface area contributed by atoms with E-state index in [1.807, 2.05) is 61.1 Å². The molecule has 1 atom stereocenters. The Morgan fingerprint density at radius 3 is 2.69 bits per heavy atom. The molecule has 1 unspecified atom stereocenters. The van der Waals surface area contributed by atoms with E-state index in [1.54, 1.807) is 12.3 Å². The van der Waals surface area contributed by atoms with Gasteiger partial charge in [0.05, 0.1) is 23.6 Å². The largest absolute Gasteiger partial charge is 0.346 e. The Labute approximate surface area is 169 Å². The van der Waals surface area contributed by atoms with Crippen molar-refractivity contribution in [2.24, 2.45) is 0 Å². The molecule has 5 heteroatoms. The van der Waals surface area contributed by atoms with E-state index >= 15 is 0 Å². The van der Waals surface area contributed by atoms with Crippen molar-refractivity contribution in [2.75, 3.05) is 0 Å². The van der Waals surface area contributed by atoms with Gasteiger partial charge >= 0.3 is 0 Å². The van der Waals surface area contributed by atoms with Crippen LogP contribution in [0.1, 0.15) is 29.9 Å². The van der Waals surface area contributed by atoms with Gasteiger partial charge in [-0.3, -0.25) is 9.78 Å². The Morgan fingerprint density at radius 1 is 1.07 bits per heavy atom. The summed E-state index contributed by atoms with van der Waals surface area (Å²) in [4.78, 5) is 16.5. The molecule has 0 aliphatic carbocycles. The lowest BCUT2D eigenvalue weighted by atomic mass is 10.1. The Balaban J connectivity index is 1.55. The molecule has 1 N–H and O–H groups in total. The fourth-order valence-electron chi connectivity index (χ4n) is 3.46. The van der Waals surface area contributed by atoms with Crippen molar-refractivity contribution in [3.63, 3.8) is 0 Å². The first-order valence-corrected chi connectivity index (χ1v) is 9.56. The maximum Gasteiger partial charge on any atom is 0.244 e. The number of nitrogens with one attached hydrogen (secondary N) is 1. The first-order valence-electron chi connectivity index (χ1n) is 9.56. The molecule has 1 amide bonds. The van der Waals surface area contributed by atoms with E-state index < -0.39 is 0 Å². The maximum atomic E-state index is 12.3. The molecule has 0 aliphatic heterocycles. The van der Waals surface area contributed by atoms with Crippen LogP contribution >= 0.6 is 0 Å². The summed E-state index contributed by atoms with van der Waals surface area (Å²) in [5.74, 6) is -0.166. The van der Waals surface area contributed by atoms with Gasteiger partial charge in [-0.2, -0.15) is 5.10 Å². The SMILES string of the molecule is Cc1c(C(C)NC(=O)/C=C/c2ccccn2)cnn1-c1cccc2ccccc12. The number of hydrogen-bond acceptors (Lipinski definition) is 3. The van der Waals surface area contributed by atoms with Gasteiger partial charge in [-0.05, 0) is 43.5 Å². The van der Waals surface area contributed by atoms with Crippen molar-refractivity contribution in [3.05, 3.63) is 96.1 Å². The predicted molar refractivity (Wildman–Crippen MR) is 116 cm³/mol. The van der Waals surface area contributed by atoms with Gasteiger partial charge in [0.2, 0.25) is 5.91 Å². The lowest BCUT2D eigenvalue weighted by Gasteiger charge is -2.13. The summed E-state index contributed by atoms with van der Waals surface area (Å²) in [6.07, 6.45) is 6.73. The molecule has 0 saturated heterocycles. The summed E-state index contributed by atoms with van der Waals surface area (Å²) in [5, 5.41) is 9.91. The molecule has 0 radical (unpaired) electrons. The summed E-state index contributed by atoms with van der Waals surface area (Å²) in [5.41, 5.74) is 3.76. The summed E-state index contributed by atoms with van der Waals surface area (Å²) < 4.78 is 1.93. The van der Waals surface area contributed by atoms with E-state index in [2.05, 4.69) is 39.7 Å². The van der Waals surface area contributed by atoms with Crippen molar-refractivity contribution in [1.82, 2.24) is 20.1 Å². The van der Waals surface area contributed by atoms with Gasteiger partial charge in [0.1, 0.15) is 0 Å². The number of rotatable bonds is 5. The number of carbonyl (C=O) groups excluding carboxylic acids is 1. The van der Waals surface area contributed by atoms with Gasteiger partial charge in [-0.1, -0.05) is 42.5 Å². The van der Waals surface area contributed by atoms with E-state index in [9.17, 15) is 4.79 Å². The molecule has 0 spiro atoms. The quantitative estimate of drug-likeness (QED) is 0.513. The molecule has 2 aromatic heterocycles. The van der Waals surface area contributed by atoms with Crippen molar-refractivity contribution >= 4 is 22.8 Å². The molecule has 2 aromatic carbocycles. The standard InChI is InChI=1S/C24H22N4O/c1-17(27-24(29)14-13-20-10-5-6-15-25-20)22-16-26-28(18(22)2)23-12-7-9-19-8-3-4-11-21(19)23/h3-17H,1-2H3,(H,27,29)/b14-13+. The Bertz CT molecular complexity index is 1170. The number of carbonyl (C=O) groups is 1. The van der Waals surface area contributed by atoms with Gasteiger partial charge in [0, 0.05) is 28.9 Å². The molecule has 29 heavy (non-hydrogen) atoms. The van der Waals surface area contributed by atoms with Gasteiger partial charge in [0.15, 0.2) is 0 Å². The second kappa shape index (κ2) is 8.10. The molecule has 4 aromatic rings. The number of hydrogen-bond donors (Lipinski definition) is 1. The molecular formula is C24H22N4O. The fraction of sp³-hybridized carbons (Fsp3) is 0.125. The number of fused-ring (bicyclic) bond motifs is 1. The highest BCUT2D eigenvalue weighted by molar-refractivity contribution is 5.92. The third kappa shape index (κ3) is 3.94. The van der Waals surface area contributed by atoms with Crippen LogP contribution in [0.15, 0.2) is 79.1 Å². The van der Waals surface area contributed by atoms with Crippen LogP contribution in [0, 0.1) is 6.92 Å². The summed E-state index contributed by atoms with van der Waals surface area (Å²) in [7, 11) is 0. The van der Waals surface area contributed by atoms with Crippen molar-refractivity contribution in [2.45, 2.75) is 19.9 Å².